The van der Waals surface area contributed by atoms with Crippen molar-refractivity contribution in [3.05, 3.63) is 29.6 Å². The molecule has 1 aliphatic heterocycles. The van der Waals surface area contributed by atoms with E-state index in [1.165, 1.54) is 5.56 Å². The molecule has 4 rings (SSSR count). The van der Waals surface area contributed by atoms with Crippen LogP contribution >= 0.6 is 0 Å². The maximum Gasteiger partial charge on any atom is 0.307 e. The molecule has 2 aliphatic carbocycles. The highest BCUT2D eigenvalue weighted by Gasteiger charge is 2.52. The molecule has 0 spiro atoms. The van der Waals surface area contributed by atoms with E-state index in [-0.39, 0.29) is 23.7 Å². The molecular weight excluding hydrogens is 332 g/mol. The molecule has 1 saturated heterocycles. The number of aromatic nitrogens is 2. The van der Waals surface area contributed by atoms with Gasteiger partial charge in [-0.05, 0) is 25.2 Å². The van der Waals surface area contributed by atoms with Crippen LogP contribution in [0, 0.1) is 30.6 Å². The Morgan fingerprint density at radius 2 is 1.81 bits per heavy atom. The minimum absolute atomic E-state index is 0.0290. The van der Waals surface area contributed by atoms with Gasteiger partial charge in [-0.15, -0.1) is 0 Å². The van der Waals surface area contributed by atoms with E-state index in [0.29, 0.717) is 13.1 Å². The molecule has 3 aliphatic rings. The number of rotatable bonds is 4. The van der Waals surface area contributed by atoms with Crippen molar-refractivity contribution in [3.63, 3.8) is 0 Å². The molecule has 0 radical (unpaired) electrons. The number of hydrogen-bond donors (Lipinski definition) is 1. The molecule has 7 heteroatoms. The molecule has 140 valence electrons. The van der Waals surface area contributed by atoms with Crippen LogP contribution in [0.25, 0.3) is 0 Å². The van der Waals surface area contributed by atoms with Gasteiger partial charge in [-0.25, -0.2) is 0 Å². The van der Waals surface area contributed by atoms with Gasteiger partial charge in [0.2, 0.25) is 5.91 Å². The van der Waals surface area contributed by atoms with Crippen LogP contribution in [0.15, 0.2) is 18.3 Å². The summed E-state index contributed by atoms with van der Waals surface area (Å²) < 4.78 is 1.83. The maximum absolute atomic E-state index is 13.0. The van der Waals surface area contributed by atoms with E-state index in [1.807, 2.05) is 41.9 Å². The topological polar surface area (TPSA) is 78.7 Å². The van der Waals surface area contributed by atoms with Crippen molar-refractivity contribution < 1.29 is 14.7 Å². The zero-order valence-corrected chi connectivity index (χ0v) is 15.3. The van der Waals surface area contributed by atoms with E-state index < -0.39 is 11.9 Å². The Labute approximate surface area is 153 Å². The largest absolute Gasteiger partial charge is 0.481 e. The highest BCUT2D eigenvalue weighted by Crippen LogP contribution is 2.48. The summed E-state index contributed by atoms with van der Waals surface area (Å²) in [6.45, 7) is 5.83. The number of carbonyl (C=O) groups is 2. The zero-order chi connectivity index (χ0) is 18.4. The maximum atomic E-state index is 13.0. The molecule has 0 aromatic carbocycles. The summed E-state index contributed by atoms with van der Waals surface area (Å²) in [5.74, 6) is -1.59. The predicted octanol–water partition coefficient (Wildman–Crippen LogP) is 0.896. The fourth-order valence-corrected chi connectivity index (χ4v) is 4.88. The molecule has 1 saturated carbocycles. The van der Waals surface area contributed by atoms with E-state index in [2.05, 4.69) is 10.00 Å². The van der Waals surface area contributed by atoms with Crippen molar-refractivity contribution in [2.24, 2.45) is 30.7 Å². The molecule has 0 unspecified atom stereocenters. The van der Waals surface area contributed by atoms with Gasteiger partial charge in [0.15, 0.2) is 0 Å². The number of allylic oxidation sites excluding steroid dienone is 2. The van der Waals surface area contributed by atoms with Crippen LogP contribution in [-0.4, -0.2) is 62.7 Å². The first-order valence-electron chi connectivity index (χ1n) is 9.35. The number of piperazine rings is 1. The van der Waals surface area contributed by atoms with Crippen molar-refractivity contribution in [2.75, 3.05) is 26.2 Å². The molecule has 26 heavy (non-hydrogen) atoms. The number of fused-ring (bicyclic) bond motifs is 2. The number of nitrogens with zero attached hydrogens (tertiary/aromatic N) is 4. The van der Waals surface area contributed by atoms with Gasteiger partial charge in [-0.3, -0.25) is 19.2 Å². The van der Waals surface area contributed by atoms with Gasteiger partial charge < -0.3 is 10.0 Å². The Morgan fingerprint density at radius 1 is 1.15 bits per heavy atom. The van der Waals surface area contributed by atoms with E-state index >= 15 is 0 Å². The lowest BCUT2D eigenvalue weighted by Crippen LogP contribution is -2.52. The monoisotopic (exact) mass is 358 g/mol. The minimum Gasteiger partial charge on any atom is -0.481 e. The second kappa shape index (κ2) is 6.54. The van der Waals surface area contributed by atoms with Crippen molar-refractivity contribution in [3.8, 4) is 0 Å². The van der Waals surface area contributed by atoms with E-state index in [4.69, 9.17) is 0 Å². The lowest BCUT2D eigenvalue weighted by Gasteiger charge is -2.37. The summed E-state index contributed by atoms with van der Waals surface area (Å²) in [5.41, 5.74) is 2.26. The summed E-state index contributed by atoms with van der Waals surface area (Å²) in [6, 6.07) is 0. The van der Waals surface area contributed by atoms with E-state index in [1.54, 1.807) is 0 Å². The average molecular weight is 358 g/mol. The van der Waals surface area contributed by atoms with Crippen molar-refractivity contribution in [2.45, 2.75) is 19.9 Å². The number of carboxylic acid groups (broad SMARTS) is 1. The first-order chi connectivity index (χ1) is 12.4. The van der Waals surface area contributed by atoms with E-state index in [0.717, 1.165) is 31.7 Å². The summed E-state index contributed by atoms with van der Waals surface area (Å²) in [4.78, 5) is 28.9. The number of aryl methyl sites for hydroxylation is 2. The fourth-order valence-electron chi connectivity index (χ4n) is 4.88. The molecule has 2 fully saturated rings. The SMILES string of the molecule is Cc1nn(C)cc1CN1CCN(C(=O)[C@@H]2[C@@H](C(=O)O)[C@H]3C=C[C@@H]2C3)CC1. The molecule has 7 nitrogen and oxygen atoms in total. The van der Waals surface area contributed by atoms with Crippen molar-refractivity contribution in [1.29, 1.82) is 0 Å². The first kappa shape index (κ1) is 17.3. The van der Waals surface area contributed by atoms with Gasteiger partial charge in [-0.2, -0.15) is 5.10 Å². The molecule has 1 amide bonds. The van der Waals surface area contributed by atoms with Gasteiger partial charge in [-0.1, -0.05) is 12.2 Å². The van der Waals surface area contributed by atoms with Gasteiger partial charge in [0.05, 0.1) is 17.5 Å². The molecule has 1 aromatic rings. The van der Waals surface area contributed by atoms with Gasteiger partial charge >= 0.3 is 5.97 Å². The predicted molar refractivity (Wildman–Crippen MR) is 95.2 cm³/mol. The highest BCUT2D eigenvalue weighted by molar-refractivity contribution is 5.87. The smallest absolute Gasteiger partial charge is 0.307 e. The average Bonchev–Trinajstić information content (AvgIpc) is 3.29. The Kier molecular flexibility index (Phi) is 4.34. The normalized spacial score (nSPS) is 30.9. The summed E-state index contributed by atoms with van der Waals surface area (Å²) in [5, 5.41) is 13.9. The summed E-state index contributed by atoms with van der Waals surface area (Å²) >= 11 is 0. The van der Waals surface area contributed by atoms with Gasteiger partial charge in [0.1, 0.15) is 0 Å². The fraction of sp³-hybridized carbons (Fsp3) is 0.632. The second-order valence-corrected chi connectivity index (χ2v) is 7.85. The van der Waals surface area contributed by atoms with Crippen LogP contribution in [0.2, 0.25) is 0 Å². The van der Waals surface area contributed by atoms with Crippen molar-refractivity contribution in [1.82, 2.24) is 19.6 Å². The van der Waals surface area contributed by atoms with Crippen LogP contribution in [0.4, 0.5) is 0 Å². The number of amides is 1. The molecule has 1 N–H and O–H groups in total. The molecule has 4 atom stereocenters. The molecular formula is C19H26N4O3. The number of carboxylic acids is 1. The van der Waals surface area contributed by atoms with Crippen molar-refractivity contribution >= 4 is 11.9 Å². The molecule has 1 aromatic heterocycles. The van der Waals surface area contributed by atoms with E-state index in [9.17, 15) is 14.7 Å². The van der Waals surface area contributed by atoms with Gasteiger partial charge in [0.25, 0.3) is 0 Å². The lowest BCUT2D eigenvalue weighted by atomic mass is 9.82. The summed E-state index contributed by atoms with van der Waals surface area (Å²) in [7, 11) is 1.93. The Hall–Kier alpha value is -2.15. The molecule has 2 bridgehead atoms. The number of hydrogen-bond acceptors (Lipinski definition) is 4. The molecule has 2 heterocycles. The highest BCUT2D eigenvalue weighted by atomic mass is 16.4. The quantitative estimate of drug-likeness (QED) is 0.809. The first-order valence-corrected chi connectivity index (χ1v) is 9.35. The lowest BCUT2D eigenvalue weighted by molar-refractivity contribution is -0.151. The standard InChI is InChI=1S/C19H26N4O3/c1-12-15(10-21(2)20-12)11-22-5-7-23(8-6-22)18(24)16-13-3-4-14(9-13)17(16)19(25)26/h3-4,10,13-14,16-17H,5-9,11H2,1-2H3,(H,25,26)/t13-,14+,16+,17+/m1/s1. The third-order valence-corrected chi connectivity index (χ3v) is 6.22. The third-order valence-electron chi connectivity index (χ3n) is 6.22. The summed E-state index contributed by atoms with van der Waals surface area (Å²) in [6.07, 6.45) is 6.90. The zero-order valence-electron chi connectivity index (χ0n) is 15.3. The third kappa shape index (κ3) is 2.94. The van der Waals surface area contributed by atoms with Crippen LogP contribution in [-0.2, 0) is 23.2 Å². The second-order valence-electron chi connectivity index (χ2n) is 7.85. The van der Waals surface area contributed by atoms with Crippen LogP contribution in [0.1, 0.15) is 17.7 Å². The Bertz CT molecular complexity index is 748. The number of aliphatic carboxylic acids is 1. The van der Waals surface area contributed by atoms with Crippen LogP contribution < -0.4 is 0 Å². The van der Waals surface area contributed by atoms with Crippen LogP contribution in [0.5, 0.6) is 0 Å². The Balaban J connectivity index is 1.37. The number of carbonyl (C=O) groups excluding carboxylic acids is 1. The van der Waals surface area contributed by atoms with Gasteiger partial charge in [0, 0.05) is 51.5 Å². The minimum atomic E-state index is -0.828. The Morgan fingerprint density at radius 3 is 2.38 bits per heavy atom. The van der Waals surface area contributed by atoms with Crippen LogP contribution in [0.3, 0.4) is 0 Å².